The Bertz CT molecular complexity index is 1120. The van der Waals surface area contributed by atoms with E-state index in [0.29, 0.717) is 11.2 Å². The number of rotatable bonds is 8. The molecular weight excluding hydrogens is 486 g/mol. The van der Waals surface area contributed by atoms with Crippen LogP contribution in [0.5, 0.6) is 0 Å². The largest absolute Gasteiger partial charge is 0.508 e. The van der Waals surface area contributed by atoms with Crippen LogP contribution in [0.15, 0.2) is 18.5 Å². The molecule has 6 atom stereocenters. The first-order valence-corrected chi connectivity index (χ1v) is 11.9. The summed E-state index contributed by atoms with van der Waals surface area (Å²) in [6.07, 6.45) is -4.48. The van der Waals surface area contributed by atoms with Gasteiger partial charge < -0.3 is 34.9 Å². The van der Waals surface area contributed by atoms with E-state index < -0.39 is 54.8 Å². The van der Waals surface area contributed by atoms with E-state index in [0.717, 1.165) is 0 Å². The Morgan fingerprint density at radius 3 is 2.57 bits per heavy atom. The molecule has 3 rings (SSSR count). The maximum Gasteiger partial charge on any atom is 0.508 e. The summed E-state index contributed by atoms with van der Waals surface area (Å²) >= 11 is 0. The third kappa shape index (κ3) is 6.12. The molecule has 0 amide bonds. The number of carbonyl (C=O) groups is 2. The van der Waals surface area contributed by atoms with Gasteiger partial charge in [0.05, 0.1) is 12.3 Å². The summed E-state index contributed by atoms with van der Waals surface area (Å²) in [6.45, 7) is 8.76. The van der Waals surface area contributed by atoms with Crippen molar-refractivity contribution in [2.24, 2.45) is 5.41 Å². The van der Waals surface area contributed by atoms with Crippen molar-refractivity contribution in [1.29, 1.82) is 0 Å². The Morgan fingerprint density at radius 2 is 1.95 bits per heavy atom. The summed E-state index contributed by atoms with van der Waals surface area (Å²) in [5.74, 6) is -0.287. The van der Waals surface area contributed by atoms with E-state index in [4.69, 9.17) is 24.7 Å². The van der Waals surface area contributed by atoms with Crippen molar-refractivity contribution in [3.8, 4) is 0 Å². The molecule has 0 spiro atoms. The van der Waals surface area contributed by atoms with Crippen molar-refractivity contribution in [2.75, 3.05) is 33.0 Å². The van der Waals surface area contributed by atoms with Gasteiger partial charge in [-0.3, -0.25) is 9.69 Å². The number of hydrogen-bond acceptors (Lipinski definition) is 12. The van der Waals surface area contributed by atoms with Crippen LogP contribution in [-0.4, -0.2) is 99.6 Å². The molecule has 1 fully saturated rings. The number of aliphatic hydroxyl groups excluding tert-OH is 2. The number of aromatic nitrogens is 3. The zero-order valence-electron chi connectivity index (χ0n) is 22.2. The second kappa shape index (κ2) is 10.8. The van der Waals surface area contributed by atoms with E-state index in [2.05, 4.69) is 10.1 Å². The van der Waals surface area contributed by atoms with Gasteiger partial charge in [-0.15, -0.1) is 0 Å². The molecule has 3 heterocycles. The van der Waals surface area contributed by atoms with Crippen LogP contribution in [-0.2, 0) is 29.3 Å². The molecule has 4 N–H and O–H groups in total. The fraction of sp³-hybridized carbons (Fsp3) is 0.667. The summed E-state index contributed by atoms with van der Waals surface area (Å²) in [5, 5.41) is 25.6. The number of nitrogens with two attached hydrogens (primary N) is 1. The molecule has 0 radical (unpaired) electrons. The predicted octanol–water partition coefficient (Wildman–Crippen LogP) is 0.709. The number of likely N-dealkylation sites (N-methyl/N-ethyl adjacent to an activating group) is 1. The molecule has 1 saturated heterocycles. The van der Waals surface area contributed by atoms with E-state index in [1.807, 2.05) is 20.8 Å². The van der Waals surface area contributed by atoms with Gasteiger partial charge in [-0.1, -0.05) is 20.8 Å². The Morgan fingerprint density at radius 1 is 1.27 bits per heavy atom. The highest BCUT2D eigenvalue weighted by Crippen LogP contribution is 2.40. The van der Waals surface area contributed by atoms with E-state index >= 15 is 0 Å². The van der Waals surface area contributed by atoms with Crippen LogP contribution < -0.4 is 5.73 Å². The van der Waals surface area contributed by atoms with Gasteiger partial charge in [-0.2, -0.15) is 5.10 Å². The number of nitrogen functional groups attached to an aromatic ring is 1. The summed E-state index contributed by atoms with van der Waals surface area (Å²) in [5.41, 5.74) is 5.23. The van der Waals surface area contributed by atoms with Crippen molar-refractivity contribution >= 4 is 23.5 Å². The van der Waals surface area contributed by atoms with E-state index in [1.54, 1.807) is 45.0 Å². The van der Waals surface area contributed by atoms with E-state index in [-0.39, 0.29) is 17.8 Å². The number of fused-ring (bicyclic) bond motifs is 1. The summed E-state index contributed by atoms with van der Waals surface area (Å²) < 4.78 is 23.3. The van der Waals surface area contributed by atoms with Gasteiger partial charge in [0.2, 0.25) is 0 Å². The van der Waals surface area contributed by atoms with E-state index in [1.165, 1.54) is 10.8 Å². The lowest BCUT2D eigenvalue weighted by Crippen LogP contribution is -2.47. The molecule has 13 nitrogen and oxygen atoms in total. The lowest BCUT2D eigenvalue weighted by Gasteiger charge is -2.29. The molecule has 0 unspecified atom stereocenters. The topological polar surface area (TPSA) is 171 Å². The van der Waals surface area contributed by atoms with Gasteiger partial charge in [0.1, 0.15) is 54.5 Å². The zero-order valence-corrected chi connectivity index (χ0v) is 22.2. The Hall–Kier alpha value is -3.00. The van der Waals surface area contributed by atoms with Gasteiger partial charge in [-0.05, 0) is 45.5 Å². The Kier molecular flexibility index (Phi) is 8.32. The molecule has 2 aromatic heterocycles. The average Bonchev–Trinajstić information content (AvgIpc) is 3.33. The fourth-order valence-electron chi connectivity index (χ4n) is 4.25. The van der Waals surface area contributed by atoms with Crippen LogP contribution in [0.1, 0.15) is 40.3 Å². The second-order valence-electron chi connectivity index (χ2n) is 10.8. The quantitative estimate of drug-likeness (QED) is 0.415. The first kappa shape index (κ1) is 28.6. The van der Waals surface area contributed by atoms with E-state index in [9.17, 15) is 19.8 Å². The molecule has 2 aromatic rings. The van der Waals surface area contributed by atoms with Gasteiger partial charge >= 0.3 is 12.1 Å². The van der Waals surface area contributed by atoms with Crippen molar-refractivity contribution in [3.05, 3.63) is 24.2 Å². The van der Waals surface area contributed by atoms with Crippen molar-refractivity contribution < 1.29 is 38.7 Å². The normalized spacial score (nSPS) is 25.7. The predicted molar refractivity (Wildman–Crippen MR) is 131 cm³/mol. The fourth-order valence-corrected chi connectivity index (χ4v) is 4.25. The van der Waals surface area contributed by atoms with Crippen LogP contribution >= 0.6 is 0 Å². The van der Waals surface area contributed by atoms with Crippen molar-refractivity contribution in [3.63, 3.8) is 0 Å². The third-order valence-corrected chi connectivity index (χ3v) is 6.19. The number of anilines is 1. The van der Waals surface area contributed by atoms with Crippen molar-refractivity contribution in [2.45, 2.75) is 70.7 Å². The molecular formula is C24H37N5O8. The minimum atomic E-state index is -1.38. The number of ether oxygens (including phenoxy) is 4. The molecule has 0 saturated carbocycles. The smallest absolute Gasteiger partial charge is 0.464 e. The third-order valence-electron chi connectivity index (χ3n) is 6.19. The van der Waals surface area contributed by atoms with Gasteiger partial charge in [0.15, 0.2) is 5.82 Å². The first-order valence-electron chi connectivity index (χ1n) is 11.9. The summed E-state index contributed by atoms with van der Waals surface area (Å²) in [6, 6.07) is 2.48. The molecule has 13 heteroatoms. The highest BCUT2D eigenvalue weighted by molar-refractivity contribution is 5.77. The number of hydrogen-bond donors (Lipinski definition) is 3. The number of aliphatic hydroxyl groups is 2. The second-order valence-corrected chi connectivity index (χ2v) is 10.8. The van der Waals surface area contributed by atoms with Crippen LogP contribution in [0.25, 0.3) is 5.52 Å². The maximum absolute atomic E-state index is 12.6. The highest BCUT2D eigenvalue weighted by atomic mass is 16.7. The van der Waals surface area contributed by atoms with Gasteiger partial charge in [0.25, 0.3) is 0 Å². The molecule has 0 aromatic carbocycles. The highest BCUT2D eigenvalue weighted by Gasteiger charge is 2.54. The SMILES string of the molecule is C[C@@H](OC(=O)OC[C@H]1O[C@@](C)(c2ccc3c(N)ncnn23)[C@H](O)[C@@H]1O)[C@@H](C(=O)OCC(C)(C)C)N(C)C. The summed E-state index contributed by atoms with van der Waals surface area (Å²) in [7, 11) is 3.34. The van der Waals surface area contributed by atoms with Crippen LogP contribution in [0.3, 0.4) is 0 Å². The molecule has 206 valence electrons. The minimum absolute atomic E-state index is 0.209. The van der Waals surface area contributed by atoms with Gasteiger partial charge in [0, 0.05) is 0 Å². The van der Waals surface area contributed by atoms with Crippen LogP contribution in [0.4, 0.5) is 10.6 Å². The number of carbonyl (C=O) groups excluding carboxylic acids is 2. The molecule has 1 aliphatic rings. The molecule has 0 bridgehead atoms. The average molecular weight is 524 g/mol. The summed E-state index contributed by atoms with van der Waals surface area (Å²) in [4.78, 5) is 30.5. The van der Waals surface area contributed by atoms with Gasteiger partial charge in [-0.25, -0.2) is 14.3 Å². The lowest BCUT2D eigenvalue weighted by atomic mass is 9.93. The lowest BCUT2D eigenvalue weighted by molar-refractivity contribution is -0.156. The number of nitrogens with zero attached hydrogens (tertiary/aromatic N) is 4. The monoisotopic (exact) mass is 523 g/mol. The van der Waals surface area contributed by atoms with Crippen LogP contribution in [0.2, 0.25) is 0 Å². The molecule has 0 aliphatic carbocycles. The standard InChI is InChI=1S/C24H37N5O8/c1-13(17(28(6)7)21(32)35-11-23(2,3)4)36-22(33)34-10-15-18(30)19(31)24(5,37-15)16-9-8-14-20(25)26-12-27-29(14)16/h8-9,12-13,15,17-19,30-31H,10-11H2,1-7H3,(H2,25,26,27)/t13-,15-,17+,18-,19-,24+/m1/s1. The molecule has 1 aliphatic heterocycles. The maximum atomic E-state index is 12.6. The van der Waals surface area contributed by atoms with Crippen LogP contribution in [0, 0.1) is 5.41 Å². The minimum Gasteiger partial charge on any atom is -0.464 e. The van der Waals surface area contributed by atoms with Crippen molar-refractivity contribution in [1.82, 2.24) is 19.5 Å². The molecule has 37 heavy (non-hydrogen) atoms. The Labute approximate surface area is 215 Å². The first-order chi connectivity index (χ1) is 17.2. The Balaban J connectivity index is 1.62. The zero-order chi connectivity index (χ0) is 27.7. The number of esters is 1.